The average molecular weight is 183 g/mol. The highest BCUT2D eigenvalue weighted by atomic mass is 16.4. The maximum absolute atomic E-state index is 10.9. The molecule has 1 aromatic heterocycles. The Bertz CT molecular complexity index is 315. The average Bonchev–Trinajstić information content (AvgIpc) is 2.46. The molecule has 1 aromatic rings. The van der Waals surface area contributed by atoms with Gasteiger partial charge in [-0.05, 0) is 5.92 Å². The van der Waals surface area contributed by atoms with Crippen LogP contribution in [0.2, 0.25) is 0 Å². The second kappa shape index (κ2) is 3.62. The predicted octanol–water partition coefficient (Wildman–Crippen LogP) is 1.56. The van der Waals surface area contributed by atoms with E-state index in [1.807, 2.05) is 13.8 Å². The molecule has 0 atom stereocenters. The third-order valence-corrected chi connectivity index (χ3v) is 1.92. The third kappa shape index (κ3) is 1.72. The molecule has 0 aliphatic carbocycles. The van der Waals surface area contributed by atoms with Crippen LogP contribution in [0.15, 0.2) is 10.7 Å². The van der Waals surface area contributed by atoms with Crippen molar-refractivity contribution in [3.05, 3.63) is 23.2 Å². The zero-order valence-corrected chi connectivity index (χ0v) is 7.70. The highest BCUT2D eigenvalue weighted by Gasteiger charge is 2.20. The molecule has 0 saturated heterocycles. The van der Waals surface area contributed by atoms with E-state index >= 15 is 0 Å². The minimum absolute atomic E-state index is 0.119. The molecule has 1 rings (SSSR count). The topological polar surface area (TPSA) is 76.5 Å². The molecule has 0 unspecified atom stereocenters. The summed E-state index contributed by atoms with van der Waals surface area (Å²) in [6.45, 7) is 3.95. The van der Waals surface area contributed by atoms with Gasteiger partial charge in [-0.25, -0.2) is 4.79 Å². The molecule has 0 aliphatic rings. The van der Waals surface area contributed by atoms with Crippen molar-refractivity contribution in [2.24, 2.45) is 5.73 Å². The summed E-state index contributed by atoms with van der Waals surface area (Å²) in [5.74, 6) is -0.496. The maximum atomic E-state index is 10.9. The van der Waals surface area contributed by atoms with Gasteiger partial charge in [0.25, 0.3) is 0 Å². The zero-order valence-electron chi connectivity index (χ0n) is 7.70. The zero-order chi connectivity index (χ0) is 10.0. The van der Waals surface area contributed by atoms with Crippen molar-refractivity contribution < 1.29 is 14.3 Å². The Morgan fingerprint density at radius 3 is 2.69 bits per heavy atom. The van der Waals surface area contributed by atoms with Crippen molar-refractivity contribution in [2.75, 3.05) is 0 Å². The minimum Gasteiger partial charge on any atom is -0.478 e. The van der Waals surface area contributed by atoms with Crippen LogP contribution in [0.5, 0.6) is 0 Å². The molecule has 72 valence electrons. The summed E-state index contributed by atoms with van der Waals surface area (Å²) in [5, 5.41) is 8.90. The summed E-state index contributed by atoms with van der Waals surface area (Å²) in [5.41, 5.74) is 6.27. The van der Waals surface area contributed by atoms with Crippen LogP contribution in [0, 0.1) is 0 Å². The van der Waals surface area contributed by atoms with Gasteiger partial charge < -0.3 is 15.3 Å². The molecule has 4 heteroatoms. The number of nitrogens with two attached hydrogens (primary N) is 1. The standard InChI is InChI=1S/C9H13NO3/c1-5(2)6-4-13-7(3-10)8(6)9(11)12/h4-5H,3,10H2,1-2H3,(H,11,12). The largest absolute Gasteiger partial charge is 0.478 e. The predicted molar refractivity (Wildman–Crippen MR) is 47.6 cm³/mol. The van der Waals surface area contributed by atoms with E-state index in [0.29, 0.717) is 11.3 Å². The lowest BCUT2D eigenvalue weighted by Gasteiger charge is -2.02. The number of carboxylic acids is 1. The molecule has 0 radical (unpaired) electrons. The van der Waals surface area contributed by atoms with E-state index in [9.17, 15) is 4.79 Å². The van der Waals surface area contributed by atoms with E-state index in [4.69, 9.17) is 15.3 Å². The fourth-order valence-electron chi connectivity index (χ4n) is 1.23. The van der Waals surface area contributed by atoms with Crippen LogP contribution in [-0.4, -0.2) is 11.1 Å². The fourth-order valence-corrected chi connectivity index (χ4v) is 1.23. The van der Waals surface area contributed by atoms with Crippen LogP contribution in [0.1, 0.15) is 41.4 Å². The summed E-state index contributed by atoms with van der Waals surface area (Å²) < 4.78 is 5.06. The number of hydrogen-bond donors (Lipinski definition) is 2. The molecule has 0 aliphatic heterocycles. The van der Waals surface area contributed by atoms with Crippen LogP contribution < -0.4 is 5.73 Å². The maximum Gasteiger partial charge on any atom is 0.339 e. The van der Waals surface area contributed by atoms with Crippen molar-refractivity contribution in [1.29, 1.82) is 0 Å². The molecule has 3 N–H and O–H groups in total. The molecule has 4 nitrogen and oxygen atoms in total. The lowest BCUT2D eigenvalue weighted by atomic mass is 10.0. The van der Waals surface area contributed by atoms with Crippen LogP contribution in [-0.2, 0) is 6.54 Å². The summed E-state index contributed by atoms with van der Waals surface area (Å²) >= 11 is 0. The van der Waals surface area contributed by atoms with Gasteiger partial charge in [-0.1, -0.05) is 13.8 Å². The van der Waals surface area contributed by atoms with E-state index in [1.54, 1.807) is 0 Å². The highest BCUT2D eigenvalue weighted by molar-refractivity contribution is 5.90. The Morgan fingerprint density at radius 2 is 2.31 bits per heavy atom. The van der Waals surface area contributed by atoms with Crippen LogP contribution in [0.3, 0.4) is 0 Å². The van der Waals surface area contributed by atoms with E-state index in [2.05, 4.69) is 0 Å². The van der Waals surface area contributed by atoms with E-state index in [-0.39, 0.29) is 18.0 Å². The van der Waals surface area contributed by atoms with Gasteiger partial charge in [-0.3, -0.25) is 0 Å². The Kier molecular flexibility index (Phi) is 2.72. The van der Waals surface area contributed by atoms with E-state index in [1.165, 1.54) is 6.26 Å². The van der Waals surface area contributed by atoms with Gasteiger partial charge in [0.05, 0.1) is 12.8 Å². The lowest BCUT2D eigenvalue weighted by Crippen LogP contribution is -2.07. The van der Waals surface area contributed by atoms with Crippen molar-refractivity contribution in [3.63, 3.8) is 0 Å². The Morgan fingerprint density at radius 1 is 1.69 bits per heavy atom. The summed E-state index contributed by atoms with van der Waals surface area (Å²) in [6.07, 6.45) is 1.47. The Hall–Kier alpha value is -1.29. The van der Waals surface area contributed by atoms with Gasteiger partial charge in [-0.15, -0.1) is 0 Å². The van der Waals surface area contributed by atoms with E-state index in [0.717, 1.165) is 0 Å². The van der Waals surface area contributed by atoms with Crippen LogP contribution in [0.4, 0.5) is 0 Å². The van der Waals surface area contributed by atoms with Crippen molar-refractivity contribution in [2.45, 2.75) is 26.3 Å². The highest BCUT2D eigenvalue weighted by Crippen LogP contribution is 2.24. The lowest BCUT2D eigenvalue weighted by molar-refractivity contribution is 0.0693. The van der Waals surface area contributed by atoms with Gasteiger partial charge in [0.2, 0.25) is 0 Å². The van der Waals surface area contributed by atoms with Crippen molar-refractivity contribution in [3.8, 4) is 0 Å². The first-order chi connectivity index (χ1) is 6.07. The summed E-state index contributed by atoms with van der Waals surface area (Å²) in [7, 11) is 0. The molecule has 0 fully saturated rings. The Labute approximate surface area is 76.3 Å². The monoisotopic (exact) mass is 183 g/mol. The first kappa shape index (κ1) is 9.80. The van der Waals surface area contributed by atoms with Crippen molar-refractivity contribution in [1.82, 2.24) is 0 Å². The molecular weight excluding hydrogens is 170 g/mol. The molecule has 0 bridgehead atoms. The molecular formula is C9H13NO3. The third-order valence-electron chi connectivity index (χ3n) is 1.92. The van der Waals surface area contributed by atoms with Gasteiger partial charge >= 0.3 is 5.97 Å². The second-order valence-corrected chi connectivity index (χ2v) is 3.15. The Balaban J connectivity index is 3.22. The molecule has 1 heterocycles. The number of carbonyl (C=O) groups is 1. The summed E-state index contributed by atoms with van der Waals surface area (Å²) in [6, 6.07) is 0. The normalized spacial score (nSPS) is 10.8. The first-order valence-electron chi connectivity index (χ1n) is 4.11. The number of aromatic carboxylic acids is 1. The molecule has 0 aromatic carbocycles. The molecule has 0 spiro atoms. The molecule has 13 heavy (non-hydrogen) atoms. The molecule has 0 saturated carbocycles. The van der Waals surface area contributed by atoms with Crippen molar-refractivity contribution >= 4 is 5.97 Å². The van der Waals surface area contributed by atoms with Gasteiger partial charge in [0, 0.05) is 5.56 Å². The minimum atomic E-state index is -0.974. The number of furan rings is 1. The van der Waals surface area contributed by atoms with E-state index < -0.39 is 5.97 Å². The first-order valence-corrected chi connectivity index (χ1v) is 4.11. The van der Waals surface area contributed by atoms with Crippen LogP contribution >= 0.6 is 0 Å². The second-order valence-electron chi connectivity index (χ2n) is 3.15. The fraction of sp³-hybridized carbons (Fsp3) is 0.444. The smallest absolute Gasteiger partial charge is 0.339 e. The quantitative estimate of drug-likeness (QED) is 0.745. The number of carboxylic acid groups (broad SMARTS) is 1. The van der Waals surface area contributed by atoms with Gasteiger partial charge in [-0.2, -0.15) is 0 Å². The number of hydrogen-bond acceptors (Lipinski definition) is 3. The summed E-state index contributed by atoms with van der Waals surface area (Å²) in [4.78, 5) is 10.9. The van der Waals surface area contributed by atoms with Crippen LogP contribution in [0.25, 0.3) is 0 Å². The van der Waals surface area contributed by atoms with Gasteiger partial charge in [0.15, 0.2) is 0 Å². The SMILES string of the molecule is CC(C)c1coc(CN)c1C(=O)O. The van der Waals surface area contributed by atoms with Gasteiger partial charge in [0.1, 0.15) is 11.3 Å². The molecule has 0 amide bonds. The number of rotatable bonds is 3.